The van der Waals surface area contributed by atoms with Gasteiger partial charge >= 0.3 is 5.97 Å². The Morgan fingerprint density at radius 3 is 2.63 bits per heavy atom. The van der Waals surface area contributed by atoms with Crippen LogP contribution in [0.2, 0.25) is 5.02 Å². The third-order valence-corrected chi connectivity index (χ3v) is 4.67. The Hall–Kier alpha value is -2.49. The average Bonchev–Trinajstić information content (AvgIpc) is 2.62. The van der Waals surface area contributed by atoms with Crippen LogP contribution in [-0.2, 0) is 17.8 Å². The van der Waals surface area contributed by atoms with Gasteiger partial charge in [0.25, 0.3) is 0 Å². The molecule has 1 heterocycles. The van der Waals surface area contributed by atoms with Gasteiger partial charge in [0.1, 0.15) is 12.4 Å². The Morgan fingerprint density at radius 1 is 1.15 bits per heavy atom. The van der Waals surface area contributed by atoms with Gasteiger partial charge in [0.15, 0.2) is 0 Å². The Labute approximate surface area is 163 Å². The van der Waals surface area contributed by atoms with Crippen molar-refractivity contribution in [2.45, 2.75) is 13.0 Å². The number of carbonyl (C=O) groups is 1. The SMILES string of the molecule is O=C(O)Cc1ccc(-c2cccc(OCc3ccc(Cl)cc3F)n2)cc1P. The number of rotatable bonds is 6. The molecule has 0 spiro atoms. The van der Waals surface area contributed by atoms with Crippen LogP contribution in [0.25, 0.3) is 11.3 Å². The Balaban J connectivity index is 1.77. The molecule has 0 saturated carbocycles. The molecule has 0 amide bonds. The van der Waals surface area contributed by atoms with Crippen molar-refractivity contribution in [2.75, 3.05) is 0 Å². The van der Waals surface area contributed by atoms with Crippen LogP contribution in [0.4, 0.5) is 4.39 Å². The molecule has 1 atom stereocenters. The minimum atomic E-state index is -0.880. The summed E-state index contributed by atoms with van der Waals surface area (Å²) in [5, 5.41) is 10.1. The topological polar surface area (TPSA) is 59.4 Å². The molecule has 0 fully saturated rings. The summed E-state index contributed by atoms with van der Waals surface area (Å²) in [5.74, 6) is -0.948. The lowest BCUT2D eigenvalue weighted by Gasteiger charge is -2.10. The van der Waals surface area contributed by atoms with Crippen molar-refractivity contribution in [3.63, 3.8) is 0 Å². The number of carboxylic acid groups (broad SMARTS) is 1. The highest BCUT2D eigenvalue weighted by atomic mass is 35.5. The van der Waals surface area contributed by atoms with Gasteiger partial charge in [0.2, 0.25) is 5.88 Å². The zero-order chi connectivity index (χ0) is 19.4. The molecule has 2 aromatic carbocycles. The van der Waals surface area contributed by atoms with Crippen LogP contribution < -0.4 is 10.0 Å². The number of carboxylic acids is 1. The van der Waals surface area contributed by atoms with Gasteiger partial charge < -0.3 is 9.84 Å². The van der Waals surface area contributed by atoms with Crippen LogP contribution in [0.5, 0.6) is 5.88 Å². The van der Waals surface area contributed by atoms with Crippen LogP contribution in [-0.4, -0.2) is 16.1 Å². The molecule has 0 radical (unpaired) electrons. The molecule has 3 aromatic rings. The number of pyridine rings is 1. The highest BCUT2D eigenvalue weighted by Crippen LogP contribution is 2.22. The van der Waals surface area contributed by atoms with E-state index < -0.39 is 11.8 Å². The monoisotopic (exact) mass is 403 g/mol. The summed E-state index contributed by atoms with van der Waals surface area (Å²) >= 11 is 5.75. The van der Waals surface area contributed by atoms with Crippen LogP contribution in [0.1, 0.15) is 11.1 Å². The number of hydrogen-bond donors (Lipinski definition) is 1. The molecular weight excluding hydrogens is 388 g/mol. The van der Waals surface area contributed by atoms with Crippen molar-refractivity contribution in [2.24, 2.45) is 0 Å². The number of aromatic nitrogens is 1. The van der Waals surface area contributed by atoms with E-state index in [1.165, 1.54) is 6.07 Å². The first-order valence-electron chi connectivity index (χ1n) is 8.07. The highest BCUT2D eigenvalue weighted by Gasteiger charge is 2.09. The minimum Gasteiger partial charge on any atom is -0.481 e. The molecule has 138 valence electrons. The van der Waals surface area contributed by atoms with Crippen molar-refractivity contribution in [1.29, 1.82) is 0 Å². The van der Waals surface area contributed by atoms with Crippen molar-refractivity contribution >= 4 is 32.1 Å². The molecule has 0 aliphatic rings. The summed E-state index contributed by atoms with van der Waals surface area (Å²) < 4.78 is 19.4. The normalized spacial score (nSPS) is 10.6. The summed E-state index contributed by atoms with van der Waals surface area (Å²) in [4.78, 5) is 15.3. The lowest BCUT2D eigenvalue weighted by Crippen LogP contribution is -2.09. The molecule has 3 rings (SSSR count). The number of nitrogens with zero attached hydrogens (tertiary/aromatic N) is 1. The lowest BCUT2D eigenvalue weighted by atomic mass is 10.1. The summed E-state index contributed by atoms with van der Waals surface area (Å²) in [6.45, 7) is 0.0336. The number of halogens is 2. The fourth-order valence-corrected chi connectivity index (χ4v) is 3.06. The Morgan fingerprint density at radius 2 is 1.93 bits per heavy atom. The fraction of sp³-hybridized carbons (Fsp3) is 0.100. The Bertz CT molecular complexity index is 997. The number of aliphatic carboxylic acids is 1. The molecule has 4 nitrogen and oxygen atoms in total. The first kappa shape index (κ1) is 19.3. The van der Waals surface area contributed by atoms with E-state index >= 15 is 0 Å². The summed E-state index contributed by atoms with van der Waals surface area (Å²) in [7, 11) is 2.54. The van der Waals surface area contributed by atoms with Gasteiger partial charge in [-0.3, -0.25) is 4.79 Å². The summed E-state index contributed by atoms with van der Waals surface area (Å²) in [6, 6.07) is 15.2. The van der Waals surface area contributed by atoms with Gasteiger partial charge in [-0.2, -0.15) is 0 Å². The van der Waals surface area contributed by atoms with Gasteiger partial charge in [-0.15, -0.1) is 9.24 Å². The molecular formula is C20H16ClFNO3P. The number of ether oxygens (including phenoxy) is 1. The Kier molecular flexibility index (Phi) is 6.04. The van der Waals surface area contributed by atoms with Gasteiger partial charge in [0.05, 0.1) is 12.1 Å². The quantitative estimate of drug-likeness (QED) is 0.625. The van der Waals surface area contributed by atoms with Crippen molar-refractivity contribution in [3.05, 3.63) is 76.6 Å². The summed E-state index contributed by atoms with van der Waals surface area (Å²) in [5.41, 5.74) is 2.62. The molecule has 0 aliphatic heterocycles. The largest absolute Gasteiger partial charge is 0.481 e. The maximum atomic E-state index is 13.8. The lowest BCUT2D eigenvalue weighted by molar-refractivity contribution is -0.136. The zero-order valence-electron chi connectivity index (χ0n) is 14.2. The van der Waals surface area contributed by atoms with E-state index in [4.69, 9.17) is 21.4 Å². The number of benzene rings is 2. The molecule has 27 heavy (non-hydrogen) atoms. The van der Waals surface area contributed by atoms with Gasteiger partial charge in [-0.05, 0) is 35.1 Å². The predicted molar refractivity (Wildman–Crippen MR) is 106 cm³/mol. The van der Waals surface area contributed by atoms with E-state index in [-0.39, 0.29) is 13.0 Å². The molecule has 1 unspecified atom stereocenters. The summed E-state index contributed by atoms with van der Waals surface area (Å²) in [6.07, 6.45) is -0.0393. The predicted octanol–water partition coefficient (Wildman–Crippen LogP) is 4.25. The zero-order valence-corrected chi connectivity index (χ0v) is 16.1. The van der Waals surface area contributed by atoms with E-state index in [2.05, 4.69) is 14.2 Å². The smallest absolute Gasteiger partial charge is 0.307 e. The highest BCUT2D eigenvalue weighted by molar-refractivity contribution is 7.27. The van der Waals surface area contributed by atoms with Crippen LogP contribution >= 0.6 is 20.8 Å². The van der Waals surface area contributed by atoms with Crippen LogP contribution in [0, 0.1) is 5.82 Å². The molecule has 0 saturated heterocycles. The molecule has 7 heteroatoms. The minimum absolute atomic E-state index is 0.0336. The van der Waals surface area contributed by atoms with E-state index in [0.717, 1.165) is 16.4 Å². The number of hydrogen-bond acceptors (Lipinski definition) is 3. The fourth-order valence-electron chi connectivity index (χ4n) is 2.52. The molecule has 0 aliphatic carbocycles. The molecule has 1 N–H and O–H groups in total. The van der Waals surface area contributed by atoms with Crippen molar-refractivity contribution in [3.8, 4) is 17.1 Å². The van der Waals surface area contributed by atoms with Gasteiger partial charge in [0, 0.05) is 22.2 Å². The van der Waals surface area contributed by atoms with Crippen molar-refractivity contribution < 1.29 is 19.0 Å². The maximum absolute atomic E-state index is 13.8. The molecule has 0 bridgehead atoms. The van der Waals surface area contributed by atoms with E-state index in [1.54, 1.807) is 30.3 Å². The third-order valence-electron chi connectivity index (χ3n) is 3.90. The van der Waals surface area contributed by atoms with Gasteiger partial charge in [-0.25, -0.2) is 9.37 Å². The second-order valence-corrected chi connectivity index (χ2v) is 6.93. The van der Waals surface area contributed by atoms with E-state index in [9.17, 15) is 9.18 Å². The molecule has 1 aromatic heterocycles. The van der Waals surface area contributed by atoms with E-state index in [0.29, 0.717) is 22.2 Å². The maximum Gasteiger partial charge on any atom is 0.307 e. The second kappa shape index (κ2) is 8.47. The van der Waals surface area contributed by atoms with Crippen molar-refractivity contribution in [1.82, 2.24) is 4.98 Å². The van der Waals surface area contributed by atoms with Gasteiger partial charge in [-0.1, -0.05) is 35.9 Å². The first-order valence-corrected chi connectivity index (χ1v) is 9.02. The average molecular weight is 404 g/mol. The second-order valence-electron chi connectivity index (χ2n) is 5.87. The van der Waals surface area contributed by atoms with Crippen LogP contribution in [0.15, 0.2) is 54.6 Å². The first-order chi connectivity index (χ1) is 12.9. The standard InChI is InChI=1S/C20H16ClFNO3P/c21-15-7-6-14(16(22)10-15)11-26-19-3-1-2-17(23-19)12-4-5-13(9-20(24)25)18(27)8-12/h1-8,10H,9,11,27H2,(H,24,25). The third kappa shape index (κ3) is 5.03. The van der Waals surface area contributed by atoms with Crippen LogP contribution in [0.3, 0.4) is 0 Å². The van der Waals surface area contributed by atoms with E-state index in [1.807, 2.05) is 18.2 Å².